The fourth-order valence-electron chi connectivity index (χ4n) is 2.19. The van der Waals surface area contributed by atoms with Crippen molar-refractivity contribution < 1.29 is 18.7 Å². The minimum absolute atomic E-state index is 0.0999. The maximum Gasteiger partial charge on any atom is 0.319 e. The average Bonchev–Trinajstić information content (AvgIpc) is 2.47. The zero-order valence-electron chi connectivity index (χ0n) is 11.6. The summed E-state index contributed by atoms with van der Waals surface area (Å²) in [5, 5.41) is 0. The van der Waals surface area contributed by atoms with Gasteiger partial charge in [0.2, 0.25) is 0 Å². The van der Waals surface area contributed by atoms with Crippen molar-refractivity contribution in [2.75, 3.05) is 39.8 Å². The first-order valence-electron chi connectivity index (χ1n) is 6.54. The van der Waals surface area contributed by atoms with Crippen molar-refractivity contribution in [3.8, 4) is 0 Å². The van der Waals surface area contributed by atoms with E-state index in [1.807, 2.05) is 27.5 Å². The topological polar surface area (TPSA) is 49.9 Å². The van der Waals surface area contributed by atoms with E-state index in [9.17, 15) is 14.0 Å². The van der Waals surface area contributed by atoms with Gasteiger partial charge in [0.25, 0.3) is 5.91 Å². The largest absolute Gasteiger partial charge is 0.468 e. The number of amides is 1. The molecule has 1 amide bonds. The summed E-state index contributed by atoms with van der Waals surface area (Å²) >= 11 is 1.96. The number of carbonyl (C=O) groups is 2. The van der Waals surface area contributed by atoms with Gasteiger partial charge in [-0.15, -0.1) is 0 Å². The maximum absolute atomic E-state index is 13.1. The van der Waals surface area contributed by atoms with Crippen molar-refractivity contribution in [3.63, 3.8) is 0 Å². The highest BCUT2D eigenvalue weighted by Gasteiger charge is 2.24. The van der Waals surface area contributed by atoms with E-state index in [4.69, 9.17) is 0 Å². The summed E-state index contributed by atoms with van der Waals surface area (Å²) < 4.78 is 18.3. The Bertz CT molecular complexity index is 545. The van der Waals surface area contributed by atoms with Crippen LogP contribution >= 0.6 is 22.6 Å². The van der Waals surface area contributed by atoms with Crippen LogP contribution < -0.4 is 0 Å². The minimum Gasteiger partial charge on any atom is -0.468 e. The van der Waals surface area contributed by atoms with E-state index in [1.165, 1.54) is 25.3 Å². The third kappa shape index (κ3) is 4.13. The van der Waals surface area contributed by atoms with Crippen LogP contribution in [0, 0.1) is 9.39 Å². The molecule has 0 unspecified atom stereocenters. The quantitative estimate of drug-likeness (QED) is 0.562. The molecule has 5 nitrogen and oxygen atoms in total. The molecule has 114 valence electrons. The molecule has 0 radical (unpaired) electrons. The molecule has 7 heteroatoms. The molecule has 1 aliphatic rings. The Labute approximate surface area is 136 Å². The fourth-order valence-corrected chi connectivity index (χ4v) is 2.90. The first-order valence-corrected chi connectivity index (χ1v) is 7.62. The first kappa shape index (κ1) is 16.2. The number of nitrogens with zero attached hydrogens (tertiary/aromatic N) is 2. The van der Waals surface area contributed by atoms with Crippen LogP contribution in [0.25, 0.3) is 0 Å². The average molecular weight is 406 g/mol. The second-order valence-electron chi connectivity index (χ2n) is 4.77. The van der Waals surface area contributed by atoms with Gasteiger partial charge in [0, 0.05) is 29.7 Å². The van der Waals surface area contributed by atoms with E-state index >= 15 is 0 Å². The van der Waals surface area contributed by atoms with Crippen molar-refractivity contribution in [2.45, 2.75) is 0 Å². The van der Waals surface area contributed by atoms with Crippen LogP contribution in [0.15, 0.2) is 18.2 Å². The Kier molecular flexibility index (Phi) is 5.51. The molecule has 0 N–H and O–H groups in total. The molecule has 1 heterocycles. The lowest BCUT2D eigenvalue weighted by Crippen LogP contribution is -2.50. The molecule has 1 saturated heterocycles. The molecule has 0 saturated carbocycles. The summed E-state index contributed by atoms with van der Waals surface area (Å²) in [6.45, 7) is 2.58. The Hall–Kier alpha value is -1.22. The van der Waals surface area contributed by atoms with Gasteiger partial charge in [-0.1, -0.05) is 0 Å². The third-order valence-corrected chi connectivity index (χ3v) is 4.29. The first-order chi connectivity index (χ1) is 10.0. The van der Waals surface area contributed by atoms with Gasteiger partial charge in [0.1, 0.15) is 5.82 Å². The standard InChI is InChI=1S/C14H16FIN2O3/c1-21-13(19)9-17-4-6-18(7-5-17)14(20)11-3-2-10(15)8-12(11)16/h2-3,8H,4-7,9H2,1H3. The van der Waals surface area contributed by atoms with Crippen LogP contribution in [-0.4, -0.2) is 61.5 Å². The molecule has 0 bridgehead atoms. The number of benzene rings is 1. The van der Waals surface area contributed by atoms with E-state index < -0.39 is 0 Å². The summed E-state index contributed by atoms with van der Waals surface area (Å²) in [6, 6.07) is 4.16. The van der Waals surface area contributed by atoms with Crippen LogP contribution in [0.1, 0.15) is 10.4 Å². The van der Waals surface area contributed by atoms with Crippen LogP contribution in [0.4, 0.5) is 4.39 Å². The predicted octanol–water partition coefficient (Wildman–Crippen LogP) is 1.36. The van der Waals surface area contributed by atoms with Gasteiger partial charge < -0.3 is 9.64 Å². The van der Waals surface area contributed by atoms with Crippen LogP contribution in [0.2, 0.25) is 0 Å². The number of ether oxygens (including phenoxy) is 1. The highest BCUT2D eigenvalue weighted by Crippen LogP contribution is 2.17. The van der Waals surface area contributed by atoms with E-state index in [-0.39, 0.29) is 24.2 Å². The second-order valence-corrected chi connectivity index (χ2v) is 5.93. The maximum atomic E-state index is 13.1. The Morgan fingerprint density at radius 2 is 1.95 bits per heavy atom. The fraction of sp³-hybridized carbons (Fsp3) is 0.429. The smallest absolute Gasteiger partial charge is 0.319 e. The highest BCUT2D eigenvalue weighted by atomic mass is 127. The van der Waals surface area contributed by atoms with Gasteiger partial charge in [-0.3, -0.25) is 14.5 Å². The van der Waals surface area contributed by atoms with E-state index in [2.05, 4.69) is 4.74 Å². The number of hydrogen-bond acceptors (Lipinski definition) is 4. The second kappa shape index (κ2) is 7.17. The number of hydrogen-bond donors (Lipinski definition) is 0. The van der Waals surface area contributed by atoms with Gasteiger partial charge in [-0.05, 0) is 40.8 Å². The molecule has 0 spiro atoms. The van der Waals surface area contributed by atoms with Gasteiger partial charge in [0.05, 0.1) is 19.2 Å². The molecule has 0 aromatic heterocycles. The number of halogens is 2. The number of rotatable bonds is 3. The van der Waals surface area contributed by atoms with Crippen molar-refractivity contribution in [1.82, 2.24) is 9.80 Å². The van der Waals surface area contributed by atoms with Crippen molar-refractivity contribution in [3.05, 3.63) is 33.1 Å². The molecule has 1 aromatic carbocycles. The van der Waals surface area contributed by atoms with Gasteiger partial charge in [-0.25, -0.2) is 4.39 Å². The van der Waals surface area contributed by atoms with Crippen LogP contribution in [-0.2, 0) is 9.53 Å². The number of piperazine rings is 1. The predicted molar refractivity (Wildman–Crippen MR) is 83.5 cm³/mol. The molecular formula is C14H16FIN2O3. The summed E-state index contributed by atoms with van der Waals surface area (Å²) in [7, 11) is 1.36. The highest BCUT2D eigenvalue weighted by molar-refractivity contribution is 14.1. The van der Waals surface area contributed by atoms with Crippen LogP contribution in [0.5, 0.6) is 0 Å². The SMILES string of the molecule is COC(=O)CN1CCN(C(=O)c2ccc(F)cc2I)CC1. The molecule has 1 fully saturated rings. The molecule has 0 atom stereocenters. The molecule has 1 aliphatic heterocycles. The molecule has 21 heavy (non-hydrogen) atoms. The number of esters is 1. The van der Waals surface area contributed by atoms with Crippen molar-refractivity contribution in [1.29, 1.82) is 0 Å². The van der Waals surface area contributed by atoms with Gasteiger partial charge in [0.15, 0.2) is 0 Å². The van der Waals surface area contributed by atoms with Crippen LogP contribution in [0.3, 0.4) is 0 Å². The number of methoxy groups -OCH3 is 1. The van der Waals surface area contributed by atoms with Crippen molar-refractivity contribution >= 4 is 34.5 Å². The lowest BCUT2D eigenvalue weighted by molar-refractivity contribution is -0.142. The summed E-state index contributed by atoms with van der Waals surface area (Å²) in [5.74, 6) is -0.723. The van der Waals surface area contributed by atoms with E-state index in [0.717, 1.165) is 0 Å². The van der Waals surface area contributed by atoms with Gasteiger partial charge in [-0.2, -0.15) is 0 Å². The van der Waals surface area contributed by atoms with Gasteiger partial charge >= 0.3 is 5.97 Å². The Morgan fingerprint density at radius 3 is 2.52 bits per heavy atom. The molecule has 0 aliphatic carbocycles. The zero-order chi connectivity index (χ0) is 15.4. The van der Waals surface area contributed by atoms with Crippen molar-refractivity contribution in [2.24, 2.45) is 0 Å². The molecular weight excluding hydrogens is 390 g/mol. The monoisotopic (exact) mass is 406 g/mol. The van der Waals surface area contributed by atoms with E-state index in [1.54, 1.807) is 4.90 Å². The minimum atomic E-state index is -0.348. The van der Waals surface area contributed by atoms with E-state index in [0.29, 0.717) is 35.3 Å². The molecule has 1 aromatic rings. The summed E-state index contributed by atoms with van der Waals surface area (Å²) in [4.78, 5) is 27.3. The molecule has 2 rings (SSSR count). The number of carbonyl (C=O) groups excluding carboxylic acids is 2. The lowest BCUT2D eigenvalue weighted by atomic mass is 10.2. The summed E-state index contributed by atoms with van der Waals surface area (Å²) in [5.41, 5.74) is 0.512. The lowest BCUT2D eigenvalue weighted by Gasteiger charge is -2.34. The summed E-state index contributed by atoms with van der Waals surface area (Å²) in [6.07, 6.45) is 0. The normalized spacial score (nSPS) is 15.9. The Morgan fingerprint density at radius 1 is 1.29 bits per heavy atom. The Balaban J connectivity index is 1.95. The zero-order valence-corrected chi connectivity index (χ0v) is 13.8. The third-order valence-electron chi connectivity index (χ3n) is 3.40.